The van der Waals surface area contributed by atoms with Gasteiger partial charge in [-0.25, -0.2) is 0 Å². The van der Waals surface area contributed by atoms with Crippen LogP contribution in [0.1, 0.15) is 22.8 Å². The van der Waals surface area contributed by atoms with Crippen molar-refractivity contribution in [3.05, 3.63) is 28.3 Å². The average Bonchev–Trinajstić information content (AvgIpc) is 2.07. The molecule has 0 unspecified atom stereocenters. The number of hydrogen-bond donors (Lipinski definition) is 0. The minimum absolute atomic E-state index is 0.242. The highest BCUT2D eigenvalue weighted by atomic mass is 35.5. The van der Waals surface area contributed by atoms with E-state index in [1.54, 1.807) is 0 Å². The maximum absolute atomic E-state index is 12.0. The van der Waals surface area contributed by atoms with Crippen molar-refractivity contribution < 1.29 is 22.7 Å². The maximum Gasteiger partial charge on any atom is 0.573 e. The van der Waals surface area contributed by atoms with Gasteiger partial charge >= 0.3 is 6.36 Å². The Morgan fingerprint density at radius 2 is 1.94 bits per heavy atom. The van der Waals surface area contributed by atoms with E-state index in [1.807, 2.05) is 0 Å². The number of hydrogen-bond acceptors (Lipinski definition) is 2. The van der Waals surface area contributed by atoms with Crippen LogP contribution in [0.25, 0.3) is 0 Å². The van der Waals surface area contributed by atoms with Crippen molar-refractivity contribution in [3.63, 3.8) is 0 Å². The third-order valence-corrected chi connectivity index (χ3v) is 2.18. The molecule has 0 aromatic heterocycles. The number of Topliss-reactive ketones (excluding diaryl/α,β-unsaturated/α-hetero) is 1. The number of benzene rings is 1. The van der Waals surface area contributed by atoms with Gasteiger partial charge < -0.3 is 4.74 Å². The van der Waals surface area contributed by atoms with E-state index in [2.05, 4.69) is 4.74 Å². The number of rotatable bonds is 2. The fourth-order valence-electron chi connectivity index (χ4n) is 1.24. The molecule has 16 heavy (non-hydrogen) atoms. The lowest BCUT2D eigenvalue weighted by Gasteiger charge is -2.12. The van der Waals surface area contributed by atoms with Crippen LogP contribution in [0.2, 0.25) is 5.02 Å². The Labute approximate surface area is 95.0 Å². The van der Waals surface area contributed by atoms with E-state index in [-0.39, 0.29) is 16.4 Å². The summed E-state index contributed by atoms with van der Waals surface area (Å²) in [5, 5.41) is -0.242. The molecule has 0 heterocycles. The zero-order valence-corrected chi connectivity index (χ0v) is 9.24. The molecule has 88 valence electrons. The molecule has 1 aromatic rings. The summed E-state index contributed by atoms with van der Waals surface area (Å²) in [5.41, 5.74) is 0.663. The number of ether oxygens (including phenoxy) is 1. The first kappa shape index (κ1) is 12.8. The van der Waals surface area contributed by atoms with Crippen LogP contribution in [-0.4, -0.2) is 12.1 Å². The lowest BCUT2D eigenvalue weighted by molar-refractivity contribution is -0.274. The number of alkyl halides is 3. The summed E-state index contributed by atoms with van der Waals surface area (Å²) in [6, 6.07) is 2.26. The predicted octanol–water partition coefficient (Wildman–Crippen LogP) is 3.75. The molecule has 1 rings (SSSR count). The van der Waals surface area contributed by atoms with E-state index < -0.39 is 12.1 Å². The third kappa shape index (κ3) is 3.13. The van der Waals surface area contributed by atoms with Crippen molar-refractivity contribution in [1.29, 1.82) is 0 Å². The number of halogens is 4. The van der Waals surface area contributed by atoms with Crippen LogP contribution in [0, 0.1) is 6.92 Å². The van der Waals surface area contributed by atoms with Crippen LogP contribution in [0.15, 0.2) is 12.1 Å². The lowest BCUT2D eigenvalue weighted by Crippen LogP contribution is -2.17. The van der Waals surface area contributed by atoms with Gasteiger partial charge in [-0.15, -0.1) is 13.2 Å². The predicted molar refractivity (Wildman–Crippen MR) is 52.9 cm³/mol. The van der Waals surface area contributed by atoms with Gasteiger partial charge in [0.15, 0.2) is 5.78 Å². The number of ketones is 1. The van der Waals surface area contributed by atoms with Gasteiger partial charge in [-0.3, -0.25) is 4.79 Å². The summed E-state index contributed by atoms with van der Waals surface area (Å²) in [4.78, 5) is 11.1. The minimum Gasteiger partial charge on any atom is -0.404 e. The zero-order valence-electron chi connectivity index (χ0n) is 8.48. The van der Waals surface area contributed by atoms with Crippen molar-refractivity contribution in [3.8, 4) is 5.75 Å². The van der Waals surface area contributed by atoms with Gasteiger partial charge in [0.25, 0.3) is 0 Å². The van der Waals surface area contributed by atoms with E-state index in [9.17, 15) is 18.0 Å². The molecule has 0 aliphatic heterocycles. The standard InChI is InChI=1S/C10H8ClF3O2/c1-5-3-9(16-10(12,13)14)8(11)4-7(5)6(2)15/h3-4H,1-2H3. The van der Waals surface area contributed by atoms with E-state index in [1.165, 1.54) is 19.9 Å². The van der Waals surface area contributed by atoms with E-state index in [0.717, 1.165) is 6.07 Å². The SMILES string of the molecule is CC(=O)c1cc(Cl)c(OC(F)(F)F)cc1C. The maximum atomic E-state index is 12.0. The molecule has 0 atom stereocenters. The number of aryl methyl sites for hydroxylation is 1. The Kier molecular flexibility index (Phi) is 3.48. The molecule has 0 aliphatic carbocycles. The van der Waals surface area contributed by atoms with Crippen molar-refractivity contribution in [2.24, 2.45) is 0 Å². The topological polar surface area (TPSA) is 26.3 Å². The zero-order chi connectivity index (χ0) is 12.5. The van der Waals surface area contributed by atoms with Crippen LogP contribution in [0.4, 0.5) is 13.2 Å². The largest absolute Gasteiger partial charge is 0.573 e. The highest BCUT2D eigenvalue weighted by Gasteiger charge is 2.32. The van der Waals surface area contributed by atoms with Crippen molar-refractivity contribution in [1.82, 2.24) is 0 Å². The fraction of sp³-hybridized carbons (Fsp3) is 0.300. The van der Waals surface area contributed by atoms with Crippen molar-refractivity contribution in [2.75, 3.05) is 0 Å². The second kappa shape index (κ2) is 4.33. The molecular weight excluding hydrogens is 245 g/mol. The number of carbonyl (C=O) groups excluding carboxylic acids is 1. The van der Waals surface area contributed by atoms with Crippen LogP contribution < -0.4 is 4.74 Å². The van der Waals surface area contributed by atoms with Gasteiger partial charge in [0.1, 0.15) is 5.75 Å². The normalized spacial score (nSPS) is 11.4. The molecule has 0 radical (unpaired) electrons. The van der Waals surface area contributed by atoms with Gasteiger partial charge in [0, 0.05) is 5.56 Å². The summed E-state index contributed by atoms with van der Waals surface area (Å²) in [6.45, 7) is 2.82. The molecular formula is C10H8ClF3O2. The lowest BCUT2D eigenvalue weighted by atomic mass is 10.1. The van der Waals surface area contributed by atoms with Crippen LogP contribution >= 0.6 is 11.6 Å². The van der Waals surface area contributed by atoms with Gasteiger partial charge in [-0.05, 0) is 31.5 Å². The van der Waals surface area contributed by atoms with Gasteiger partial charge in [-0.2, -0.15) is 0 Å². The van der Waals surface area contributed by atoms with Crippen molar-refractivity contribution in [2.45, 2.75) is 20.2 Å². The smallest absolute Gasteiger partial charge is 0.404 e. The molecule has 0 saturated carbocycles. The Morgan fingerprint density at radius 3 is 2.38 bits per heavy atom. The Bertz CT molecular complexity index is 427. The van der Waals surface area contributed by atoms with Crippen LogP contribution in [0.5, 0.6) is 5.75 Å². The molecule has 0 saturated heterocycles. The Balaban J connectivity index is 3.16. The minimum atomic E-state index is -4.80. The molecule has 0 bridgehead atoms. The monoisotopic (exact) mass is 252 g/mol. The number of carbonyl (C=O) groups is 1. The summed E-state index contributed by atoms with van der Waals surface area (Å²) in [6.07, 6.45) is -4.80. The molecule has 2 nitrogen and oxygen atoms in total. The van der Waals surface area contributed by atoms with E-state index >= 15 is 0 Å². The molecule has 1 aromatic carbocycles. The Morgan fingerprint density at radius 1 is 1.38 bits per heavy atom. The van der Waals surface area contributed by atoms with Crippen LogP contribution in [0.3, 0.4) is 0 Å². The first-order valence-electron chi connectivity index (χ1n) is 4.27. The first-order valence-corrected chi connectivity index (χ1v) is 4.65. The van der Waals surface area contributed by atoms with Gasteiger partial charge in [-0.1, -0.05) is 11.6 Å². The van der Waals surface area contributed by atoms with Crippen molar-refractivity contribution >= 4 is 17.4 Å². The van der Waals surface area contributed by atoms with E-state index in [4.69, 9.17) is 11.6 Å². The van der Waals surface area contributed by atoms with Gasteiger partial charge in [0.05, 0.1) is 5.02 Å². The fourth-order valence-corrected chi connectivity index (χ4v) is 1.44. The second-order valence-electron chi connectivity index (χ2n) is 3.20. The first-order chi connectivity index (χ1) is 7.20. The molecule has 0 spiro atoms. The summed E-state index contributed by atoms with van der Waals surface area (Å²) in [7, 11) is 0. The van der Waals surface area contributed by atoms with Gasteiger partial charge in [0.2, 0.25) is 0 Å². The molecule has 6 heteroatoms. The molecule has 0 aliphatic rings. The highest BCUT2D eigenvalue weighted by Crippen LogP contribution is 2.32. The van der Waals surface area contributed by atoms with Crippen LogP contribution in [-0.2, 0) is 0 Å². The third-order valence-electron chi connectivity index (χ3n) is 1.88. The summed E-state index contributed by atoms with van der Waals surface area (Å²) < 4.78 is 39.6. The molecule has 0 N–H and O–H groups in total. The highest BCUT2D eigenvalue weighted by molar-refractivity contribution is 6.32. The molecule has 0 amide bonds. The second-order valence-corrected chi connectivity index (χ2v) is 3.61. The summed E-state index contributed by atoms with van der Waals surface area (Å²) >= 11 is 5.57. The quantitative estimate of drug-likeness (QED) is 0.750. The Hall–Kier alpha value is -1.23. The van der Waals surface area contributed by atoms with E-state index in [0.29, 0.717) is 5.56 Å². The average molecular weight is 253 g/mol. The summed E-state index contributed by atoms with van der Waals surface area (Å²) in [5.74, 6) is -0.769. The molecule has 0 fully saturated rings.